The molecule has 2 aromatic carbocycles. The highest BCUT2D eigenvalue weighted by Gasteiger charge is 2.36. The number of rotatable bonds is 3. The van der Waals surface area contributed by atoms with Gasteiger partial charge in [-0.05, 0) is 18.6 Å². The Bertz CT molecular complexity index is 651. The van der Waals surface area contributed by atoms with Crippen LogP contribution >= 0.6 is 7.60 Å². The molecule has 1 unspecified atom stereocenters. The van der Waals surface area contributed by atoms with Crippen molar-refractivity contribution in [1.82, 2.24) is 0 Å². The minimum atomic E-state index is -3.25. The SMILES string of the molecule is CCCOP1(=O)Oc2ccccc2-c2ccccc21. The second-order valence-electron chi connectivity index (χ2n) is 4.44. The van der Waals surface area contributed by atoms with Crippen molar-refractivity contribution in [2.75, 3.05) is 6.61 Å². The van der Waals surface area contributed by atoms with Crippen molar-refractivity contribution in [3.63, 3.8) is 0 Å². The zero-order valence-corrected chi connectivity index (χ0v) is 11.6. The quantitative estimate of drug-likeness (QED) is 0.794. The molecule has 3 nitrogen and oxygen atoms in total. The van der Waals surface area contributed by atoms with Crippen molar-refractivity contribution in [2.45, 2.75) is 13.3 Å². The van der Waals surface area contributed by atoms with E-state index in [0.29, 0.717) is 17.7 Å². The number of fused-ring (bicyclic) bond motifs is 3. The number of hydrogen-bond acceptors (Lipinski definition) is 3. The lowest BCUT2D eigenvalue weighted by atomic mass is 10.0. The lowest BCUT2D eigenvalue weighted by Gasteiger charge is -2.27. The zero-order valence-electron chi connectivity index (χ0n) is 10.7. The maximum absolute atomic E-state index is 12.9. The van der Waals surface area contributed by atoms with Crippen molar-refractivity contribution in [2.24, 2.45) is 0 Å². The van der Waals surface area contributed by atoms with E-state index in [1.54, 1.807) is 0 Å². The third kappa shape index (κ3) is 2.09. The Morgan fingerprint density at radius 2 is 1.74 bits per heavy atom. The molecular weight excluding hydrogens is 259 g/mol. The molecule has 1 heterocycles. The van der Waals surface area contributed by atoms with Gasteiger partial charge in [-0.15, -0.1) is 0 Å². The van der Waals surface area contributed by atoms with Crippen LogP contribution in [0.3, 0.4) is 0 Å². The molecule has 0 aliphatic carbocycles. The van der Waals surface area contributed by atoms with E-state index in [-0.39, 0.29) is 0 Å². The van der Waals surface area contributed by atoms with Crippen LogP contribution in [0.4, 0.5) is 0 Å². The van der Waals surface area contributed by atoms with Gasteiger partial charge in [0, 0.05) is 11.1 Å². The van der Waals surface area contributed by atoms with Crippen LogP contribution in [0.5, 0.6) is 5.75 Å². The number of hydrogen-bond donors (Lipinski definition) is 0. The van der Waals surface area contributed by atoms with Crippen LogP contribution in [0.1, 0.15) is 13.3 Å². The van der Waals surface area contributed by atoms with Gasteiger partial charge < -0.3 is 4.52 Å². The molecule has 1 atom stereocenters. The van der Waals surface area contributed by atoms with E-state index < -0.39 is 7.60 Å². The summed E-state index contributed by atoms with van der Waals surface area (Å²) in [6.45, 7) is 2.41. The first-order valence-electron chi connectivity index (χ1n) is 6.38. The van der Waals surface area contributed by atoms with Gasteiger partial charge in [-0.2, -0.15) is 0 Å². The van der Waals surface area contributed by atoms with Gasteiger partial charge in [0.15, 0.2) is 0 Å². The van der Waals surface area contributed by atoms with Crippen molar-refractivity contribution in [1.29, 1.82) is 0 Å². The number of benzene rings is 2. The van der Waals surface area contributed by atoms with Crippen LogP contribution < -0.4 is 9.83 Å². The summed E-state index contributed by atoms with van der Waals surface area (Å²) in [6, 6.07) is 15.2. The highest BCUT2D eigenvalue weighted by Crippen LogP contribution is 2.55. The lowest BCUT2D eigenvalue weighted by Crippen LogP contribution is -2.19. The highest BCUT2D eigenvalue weighted by atomic mass is 31.2. The Morgan fingerprint density at radius 1 is 1.05 bits per heavy atom. The molecule has 0 bridgehead atoms. The standard InChI is InChI=1S/C15H15O3P/c1-2-11-17-19(16)15-10-6-4-8-13(15)12-7-3-5-9-14(12)18-19/h3-10H,2,11H2,1H3. The van der Waals surface area contributed by atoms with E-state index in [9.17, 15) is 4.57 Å². The van der Waals surface area contributed by atoms with Crippen LogP contribution in [-0.2, 0) is 9.09 Å². The lowest BCUT2D eigenvalue weighted by molar-refractivity contribution is 0.273. The van der Waals surface area contributed by atoms with Gasteiger partial charge in [0.05, 0.1) is 11.9 Å². The summed E-state index contributed by atoms with van der Waals surface area (Å²) in [5, 5.41) is 0.655. The molecule has 3 rings (SSSR count). The Hall–Kier alpha value is -1.57. The van der Waals surface area contributed by atoms with Gasteiger partial charge in [-0.3, -0.25) is 4.52 Å². The van der Waals surface area contributed by atoms with Gasteiger partial charge in [-0.1, -0.05) is 43.3 Å². The van der Waals surface area contributed by atoms with Crippen LogP contribution in [0, 0.1) is 0 Å². The van der Waals surface area contributed by atoms with Crippen molar-refractivity contribution < 1.29 is 13.6 Å². The second kappa shape index (κ2) is 4.84. The highest BCUT2D eigenvalue weighted by molar-refractivity contribution is 7.63. The Morgan fingerprint density at radius 3 is 2.53 bits per heavy atom. The third-order valence-corrected chi connectivity index (χ3v) is 5.00. The average molecular weight is 274 g/mol. The third-order valence-electron chi connectivity index (χ3n) is 3.06. The predicted octanol–water partition coefficient (Wildman–Crippen LogP) is 3.99. The summed E-state index contributed by atoms with van der Waals surface area (Å²) in [5.74, 6) is 0.626. The van der Waals surface area contributed by atoms with Crippen LogP contribution in [0.25, 0.3) is 11.1 Å². The molecule has 0 spiro atoms. The maximum atomic E-state index is 12.9. The second-order valence-corrected chi connectivity index (χ2v) is 6.35. The molecule has 0 fully saturated rings. The molecule has 0 saturated heterocycles. The largest absolute Gasteiger partial charge is 0.421 e. The molecule has 0 amide bonds. The summed E-state index contributed by atoms with van der Waals surface area (Å²) in [5.41, 5.74) is 1.90. The minimum absolute atomic E-state index is 0.424. The van der Waals surface area contributed by atoms with Gasteiger partial charge in [0.25, 0.3) is 0 Å². The van der Waals surface area contributed by atoms with Gasteiger partial charge in [0.1, 0.15) is 5.75 Å². The maximum Gasteiger partial charge on any atom is 0.411 e. The minimum Gasteiger partial charge on any atom is -0.421 e. The van der Waals surface area contributed by atoms with Crippen molar-refractivity contribution in [3.05, 3.63) is 48.5 Å². The van der Waals surface area contributed by atoms with E-state index in [1.165, 1.54) is 0 Å². The van der Waals surface area contributed by atoms with Crippen LogP contribution in [0.2, 0.25) is 0 Å². The zero-order chi connectivity index (χ0) is 13.3. The average Bonchev–Trinajstić information content (AvgIpc) is 2.46. The molecule has 0 aromatic heterocycles. The fourth-order valence-electron chi connectivity index (χ4n) is 2.19. The van der Waals surface area contributed by atoms with Crippen LogP contribution in [-0.4, -0.2) is 6.61 Å². The topological polar surface area (TPSA) is 35.5 Å². The molecule has 4 heteroatoms. The van der Waals surface area contributed by atoms with Gasteiger partial charge in [0.2, 0.25) is 0 Å². The van der Waals surface area contributed by atoms with Gasteiger partial charge in [-0.25, -0.2) is 4.57 Å². The molecule has 98 valence electrons. The first-order valence-corrected chi connectivity index (χ1v) is 7.92. The molecule has 0 saturated carbocycles. The van der Waals surface area contributed by atoms with Gasteiger partial charge >= 0.3 is 7.60 Å². The monoisotopic (exact) mass is 274 g/mol. The molecule has 2 aromatic rings. The molecule has 0 N–H and O–H groups in total. The van der Waals surface area contributed by atoms with E-state index in [0.717, 1.165) is 17.5 Å². The van der Waals surface area contributed by atoms with E-state index in [4.69, 9.17) is 9.05 Å². The molecule has 1 aliphatic heterocycles. The van der Waals surface area contributed by atoms with E-state index in [2.05, 4.69) is 0 Å². The van der Waals surface area contributed by atoms with E-state index in [1.807, 2.05) is 55.5 Å². The Balaban J connectivity index is 2.17. The molecular formula is C15H15O3P. The fourth-order valence-corrected chi connectivity index (χ4v) is 4.08. The first kappa shape index (κ1) is 12.5. The first-order chi connectivity index (χ1) is 9.24. The predicted molar refractivity (Wildman–Crippen MR) is 76.0 cm³/mol. The molecule has 1 aliphatic rings. The summed E-state index contributed by atoms with van der Waals surface area (Å²) in [7, 11) is -3.25. The van der Waals surface area contributed by atoms with E-state index >= 15 is 0 Å². The summed E-state index contributed by atoms with van der Waals surface area (Å²) in [4.78, 5) is 0. The summed E-state index contributed by atoms with van der Waals surface area (Å²) in [6.07, 6.45) is 0.803. The van der Waals surface area contributed by atoms with Crippen molar-refractivity contribution in [3.8, 4) is 16.9 Å². The normalized spacial score (nSPS) is 20.3. The Kier molecular flexibility index (Phi) is 3.17. The molecule has 19 heavy (non-hydrogen) atoms. The summed E-state index contributed by atoms with van der Waals surface area (Å²) >= 11 is 0. The fraction of sp³-hybridized carbons (Fsp3) is 0.200. The van der Waals surface area contributed by atoms with Crippen molar-refractivity contribution >= 4 is 12.9 Å². The molecule has 0 radical (unpaired) electrons. The Labute approximate surface area is 112 Å². The summed E-state index contributed by atoms with van der Waals surface area (Å²) < 4.78 is 24.2. The number of para-hydroxylation sites is 1. The van der Waals surface area contributed by atoms with Crippen LogP contribution in [0.15, 0.2) is 48.5 Å². The smallest absolute Gasteiger partial charge is 0.411 e.